The van der Waals surface area contributed by atoms with E-state index >= 15 is 0 Å². The monoisotopic (exact) mass is 464 g/mol. The van der Waals surface area contributed by atoms with Crippen molar-refractivity contribution in [2.75, 3.05) is 4.90 Å². The number of anilines is 1. The second-order valence-corrected chi connectivity index (χ2v) is 9.23. The van der Waals surface area contributed by atoms with E-state index in [0.717, 1.165) is 11.3 Å². The summed E-state index contributed by atoms with van der Waals surface area (Å²) in [4.78, 5) is 54.8. The van der Waals surface area contributed by atoms with Crippen molar-refractivity contribution in [3.63, 3.8) is 0 Å². The average Bonchev–Trinajstić information content (AvgIpc) is 3.31. The first-order valence-corrected chi connectivity index (χ1v) is 11.4. The second-order valence-electron chi connectivity index (χ2n) is 9.23. The largest absolute Gasteiger partial charge is 0.352 e. The number of benzene rings is 3. The van der Waals surface area contributed by atoms with Crippen LogP contribution in [0.4, 0.5) is 11.4 Å². The van der Waals surface area contributed by atoms with E-state index in [1.807, 2.05) is 41.3 Å². The number of hydrogen-bond donors (Lipinski definition) is 0. The molecule has 0 bridgehead atoms. The molecule has 3 atom stereocenters. The van der Waals surface area contributed by atoms with Crippen LogP contribution in [0.3, 0.4) is 0 Å². The second kappa shape index (κ2) is 7.30. The fraction of sp³-hybridized carbons (Fsp3) is 0.179. The van der Waals surface area contributed by atoms with Crippen LogP contribution in [0, 0.1) is 15.5 Å². The number of non-ortho nitro benzene ring substituents is 1. The Morgan fingerprint density at radius 2 is 1.60 bits per heavy atom. The summed E-state index contributed by atoms with van der Waals surface area (Å²) in [7, 11) is 0. The molecule has 2 heterocycles. The van der Waals surface area contributed by atoms with Crippen LogP contribution in [-0.2, 0) is 4.79 Å². The third-order valence-corrected chi connectivity index (χ3v) is 7.57. The molecule has 0 amide bonds. The smallest absolute Gasteiger partial charge is 0.269 e. The number of fused-ring (bicyclic) bond motifs is 5. The molecule has 0 aromatic heterocycles. The number of carbonyl (C=O) groups is 3. The van der Waals surface area contributed by atoms with Gasteiger partial charge in [0.2, 0.25) is 0 Å². The molecule has 1 saturated heterocycles. The first-order chi connectivity index (χ1) is 16.9. The summed E-state index contributed by atoms with van der Waals surface area (Å²) in [6, 6.07) is 18.6. The van der Waals surface area contributed by atoms with Crippen molar-refractivity contribution in [1.82, 2.24) is 0 Å². The van der Waals surface area contributed by atoms with Crippen LogP contribution >= 0.6 is 0 Å². The maximum Gasteiger partial charge on any atom is 0.269 e. The zero-order valence-electron chi connectivity index (χ0n) is 18.8. The van der Waals surface area contributed by atoms with Crippen LogP contribution in [0.25, 0.3) is 6.08 Å². The number of rotatable bonds is 3. The van der Waals surface area contributed by atoms with Crippen LogP contribution in [0.2, 0.25) is 0 Å². The lowest BCUT2D eigenvalue weighted by molar-refractivity contribution is -0.384. The molecule has 2 aliphatic heterocycles. The van der Waals surface area contributed by atoms with E-state index in [0.29, 0.717) is 16.7 Å². The lowest BCUT2D eigenvalue weighted by Gasteiger charge is -2.37. The molecule has 172 valence electrons. The van der Waals surface area contributed by atoms with Gasteiger partial charge in [0.15, 0.2) is 17.3 Å². The van der Waals surface area contributed by atoms with E-state index in [1.165, 1.54) is 25.1 Å². The Bertz CT molecular complexity index is 1450. The molecule has 1 spiro atoms. The number of nitrogens with zero attached hydrogens (tertiary/aromatic N) is 2. The quantitative estimate of drug-likeness (QED) is 0.319. The molecular weight excluding hydrogens is 444 g/mol. The van der Waals surface area contributed by atoms with E-state index in [1.54, 1.807) is 30.3 Å². The minimum atomic E-state index is -1.63. The number of nitro benzene ring substituents is 1. The molecular formula is C28H20N2O5. The summed E-state index contributed by atoms with van der Waals surface area (Å²) in [6.07, 6.45) is 3.71. The molecule has 35 heavy (non-hydrogen) atoms. The zero-order valence-corrected chi connectivity index (χ0v) is 18.8. The Labute approximate surface area is 200 Å². The van der Waals surface area contributed by atoms with E-state index < -0.39 is 28.3 Å². The maximum absolute atomic E-state index is 14.2. The van der Waals surface area contributed by atoms with Gasteiger partial charge in [0, 0.05) is 34.9 Å². The molecule has 3 aromatic rings. The fourth-order valence-electron chi connectivity index (χ4n) is 6.28. The molecule has 3 aliphatic rings. The van der Waals surface area contributed by atoms with Crippen molar-refractivity contribution in [1.29, 1.82) is 0 Å². The zero-order chi connectivity index (χ0) is 24.5. The van der Waals surface area contributed by atoms with Crippen LogP contribution in [0.15, 0.2) is 78.9 Å². The maximum atomic E-state index is 14.2. The van der Waals surface area contributed by atoms with Crippen molar-refractivity contribution < 1.29 is 19.3 Å². The normalized spacial score (nSPS) is 23.2. The Morgan fingerprint density at radius 1 is 0.943 bits per heavy atom. The number of carbonyl (C=O) groups excluding carboxylic acids is 3. The summed E-state index contributed by atoms with van der Waals surface area (Å²) in [5.74, 6) is -1.83. The van der Waals surface area contributed by atoms with Gasteiger partial charge in [0.25, 0.3) is 5.69 Å². The summed E-state index contributed by atoms with van der Waals surface area (Å²) in [6.45, 7) is 1.45. The lowest BCUT2D eigenvalue weighted by atomic mass is 9.64. The summed E-state index contributed by atoms with van der Waals surface area (Å²) in [5, 5.41) is 11.6. The summed E-state index contributed by atoms with van der Waals surface area (Å²) in [5.41, 5.74) is 0.919. The van der Waals surface area contributed by atoms with Crippen LogP contribution in [0.5, 0.6) is 0 Å². The van der Waals surface area contributed by atoms with Gasteiger partial charge in [-0.15, -0.1) is 0 Å². The Hall–Kier alpha value is -4.39. The number of nitro groups is 1. The predicted molar refractivity (Wildman–Crippen MR) is 130 cm³/mol. The van der Waals surface area contributed by atoms with Gasteiger partial charge in [-0.25, -0.2) is 0 Å². The van der Waals surface area contributed by atoms with Crippen LogP contribution < -0.4 is 4.90 Å². The third-order valence-electron chi connectivity index (χ3n) is 7.57. The highest BCUT2D eigenvalue weighted by Crippen LogP contribution is 2.60. The van der Waals surface area contributed by atoms with Crippen LogP contribution in [0.1, 0.15) is 44.7 Å². The SMILES string of the molecule is CC(=O)[C@H]1[C@H](c2cccc([N+](=O)[O-])c2)C2(C(=O)c3ccccc3C2=O)[C@H]2C=Cc3ccccc3N12. The fourth-order valence-corrected chi connectivity index (χ4v) is 6.28. The van der Waals surface area contributed by atoms with Gasteiger partial charge in [0.1, 0.15) is 5.41 Å². The van der Waals surface area contributed by atoms with E-state index in [9.17, 15) is 24.5 Å². The average molecular weight is 464 g/mol. The van der Waals surface area contributed by atoms with Gasteiger partial charge in [-0.2, -0.15) is 0 Å². The molecule has 1 fully saturated rings. The standard InChI is InChI=1S/C28H20N2O5/c1-16(31)25-24(18-8-6-9-19(15-18)30(34)35)28(26(32)20-10-3-4-11-21(20)27(28)33)23-14-13-17-7-2-5-12-22(17)29(23)25/h2-15,23-25H,1H3/t23-,24+,25+/m1/s1. The Kier molecular flexibility index (Phi) is 4.42. The molecule has 7 nitrogen and oxygen atoms in total. The molecule has 1 aliphatic carbocycles. The van der Waals surface area contributed by atoms with Crippen molar-refractivity contribution in [3.05, 3.63) is 111 Å². The van der Waals surface area contributed by atoms with E-state index in [2.05, 4.69) is 0 Å². The van der Waals surface area contributed by atoms with Gasteiger partial charge >= 0.3 is 0 Å². The Morgan fingerprint density at radius 3 is 2.26 bits per heavy atom. The van der Waals surface area contributed by atoms with Gasteiger partial charge in [-0.1, -0.05) is 66.7 Å². The lowest BCUT2D eigenvalue weighted by Crippen LogP contribution is -2.48. The summed E-state index contributed by atoms with van der Waals surface area (Å²) >= 11 is 0. The van der Waals surface area contributed by atoms with Crippen molar-refractivity contribution in [2.45, 2.75) is 24.9 Å². The number of Topliss-reactive ketones (excluding diaryl/α,β-unsaturated/α-hetero) is 3. The highest BCUT2D eigenvalue weighted by molar-refractivity contribution is 6.32. The predicted octanol–water partition coefficient (Wildman–Crippen LogP) is 4.62. The molecule has 0 N–H and O–H groups in total. The van der Waals surface area contributed by atoms with Gasteiger partial charge in [-0.3, -0.25) is 24.5 Å². The molecule has 3 aromatic carbocycles. The topological polar surface area (TPSA) is 97.6 Å². The van der Waals surface area contributed by atoms with Gasteiger partial charge in [0.05, 0.1) is 17.0 Å². The van der Waals surface area contributed by atoms with Crippen molar-refractivity contribution in [2.24, 2.45) is 5.41 Å². The number of ketones is 3. The first kappa shape index (κ1) is 21.2. The Balaban J connectivity index is 1.69. The molecule has 0 radical (unpaired) electrons. The molecule has 0 saturated carbocycles. The molecule has 0 unspecified atom stereocenters. The van der Waals surface area contributed by atoms with E-state index in [-0.39, 0.29) is 23.0 Å². The van der Waals surface area contributed by atoms with Gasteiger partial charge in [-0.05, 0) is 24.1 Å². The highest BCUT2D eigenvalue weighted by Gasteiger charge is 2.71. The minimum absolute atomic E-state index is 0.156. The third kappa shape index (κ3) is 2.63. The number of hydrogen-bond acceptors (Lipinski definition) is 6. The molecule has 6 rings (SSSR count). The van der Waals surface area contributed by atoms with E-state index in [4.69, 9.17) is 0 Å². The molecule has 7 heteroatoms. The first-order valence-electron chi connectivity index (χ1n) is 11.4. The summed E-state index contributed by atoms with van der Waals surface area (Å²) < 4.78 is 0. The van der Waals surface area contributed by atoms with Crippen molar-refractivity contribution in [3.8, 4) is 0 Å². The minimum Gasteiger partial charge on any atom is -0.352 e. The van der Waals surface area contributed by atoms with Gasteiger partial charge < -0.3 is 4.90 Å². The van der Waals surface area contributed by atoms with Crippen LogP contribution in [-0.4, -0.2) is 34.4 Å². The van der Waals surface area contributed by atoms with Crippen molar-refractivity contribution >= 4 is 34.8 Å². The highest BCUT2D eigenvalue weighted by atomic mass is 16.6. The number of para-hydroxylation sites is 1.